The fourth-order valence-corrected chi connectivity index (χ4v) is 7.98. The first-order valence-corrected chi connectivity index (χ1v) is 19.9. The molecule has 0 bridgehead atoms. The normalized spacial score (nSPS) is 42.1. The molecule has 326 valence electrons. The number of aliphatic hydroxyl groups is 4. The van der Waals surface area contributed by atoms with E-state index in [4.69, 9.17) is 33.2 Å². The lowest BCUT2D eigenvalue weighted by Gasteiger charge is -2.46. The van der Waals surface area contributed by atoms with Gasteiger partial charge in [-0.25, -0.2) is 4.79 Å². The maximum absolute atomic E-state index is 13.7. The number of esters is 1. The van der Waals surface area contributed by atoms with Gasteiger partial charge in [0.15, 0.2) is 18.4 Å². The van der Waals surface area contributed by atoms with Gasteiger partial charge in [0.05, 0.1) is 49.6 Å². The van der Waals surface area contributed by atoms with Crippen molar-refractivity contribution >= 4 is 17.7 Å². The predicted molar refractivity (Wildman–Crippen MR) is 207 cm³/mol. The molecule has 0 radical (unpaired) electrons. The van der Waals surface area contributed by atoms with Crippen LogP contribution in [0.15, 0.2) is 36.0 Å². The Morgan fingerprint density at radius 1 is 0.912 bits per heavy atom. The smallest absolute Gasteiger partial charge is 0.327 e. The summed E-state index contributed by atoms with van der Waals surface area (Å²) >= 11 is 0. The first-order valence-electron chi connectivity index (χ1n) is 19.9. The average molecular weight is 814 g/mol. The van der Waals surface area contributed by atoms with Gasteiger partial charge in [-0.3, -0.25) is 9.59 Å². The number of carboxylic acid groups (broad SMARTS) is 1. The van der Waals surface area contributed by atoms with E-state index in [1.165, 1.54) is 26.4 Å². The second-order valence-electron chi connectivity index (χ2n) is 15.9. The van der Waals surface area contributed by atoms with E-state index in [1.54, 1.807) is 59.7 Å². The number of carbonyl (C=O) groups is 3. The van der Waals surface area contributed by atoms with Crippen LogP contribution >= 0.6 is 0 Å². The van der Waals surface area contributed by atoms with Crippen LogP contribution < -0.4 is 0 Å². The molecule has 0 aromatic heterocycles. The highest BCUT2D eigenvalue weighted by Gasteiger charge is 2.48. The molecule has 10 unspecified atom stereocenters. The Hall–Kier alpha value is -2.61. The molecule has 2 fully saturated rings. The molecule has 0 saturated carbocycles. The SMILES string of the molecule is CC[C@H]1OC(=O)C[C@@H](O)[C@H](C)[C@@H](OC2OC(C)C(O)C(N(C)C)C2O)[C@@H](C/C=C/C(=O)O)C[C@@H](C)C(=O)/C=C/C(C)=C/[C@@H]1COC1OC(C)C(O)C(OC)C1OC. The molecular weight excluding hydrogens is 746 g/mol. The molecule has 0 spiro atoms. The van der Waals surface area contributed by atoms with Crippen molar-refractivity contribution in [2.45, 2.75) is 147 Å². The van der Waals surface area contributed by atoms with Crippen molar-refractivity contribution in [1.29, 1.82) is 0 Å². The van der Waals surface area contributed by atoms with Crippen molar-refractivity contribution in [2.24, 2.45) is 23.7 Å². The fraction of sp³-hybridized carbons (Fsp3) is 0.780. The van der Waals surface area contributed by atoms with Crippen LogP contribution in [0.5, 0.6) is 0 Å². The van der Waals surface area contributed by atoms with Gasteiger partial charge in [0, 0.05) is 38.0 Å². The third kappa shape index (κ3) is 13.2. The molecule has 0 aromatic carbocycles. The lowest BCUT2D eigenvalue weighted by atomic mass is 9.79. The molecule has 3 aliphatic rings. The molecule has 0 aliphatic carbocycles. The first kappa shape index (κ1) is 48.8. The molecule has 3 heterocycles. The Bertz CT molecular complexity index is 1390. The summed E-state index contributed by atoms with van der Waals surface area (Å²) < 4.78 is 41.8. The minimum absolute atomic E-state index is 0.00369. The van der Waals surface area contributed by atoms with Gasteiger partial charge in [0.25, 0.3) is 0 Å². The number of carbonyl (C=O) groups excluding carboxylic acids is 2. The van der Waals surface area contributed by atoms with Crippen LogP contribution in [0.3, 0.4) is 0 Å². The van der Waals surface area contributed by atoms with Crippen molar-refractivity contribution < 1.29 is 73.1 Å². The number of allylic oxidation sites excluding steroid dienone is 4. The number of aliphatic hydroxyl groups excluding tert-OH is 4. The van der Waals surface area contributed by atoms with Crippen molar-refractivity contribution in [3.8, 4) is 0 Å². The topological polar surface area (TPSA) is 220 Å². The first-order chi connectivity index (χ1) is 26.8. The third-order valence-electron chi connectivity index (χ3n) is 11.4. The van der Waals surface area contributed by atoms with E-state index < -0.39 is 122 Å². The number of carboxylic acids is 1. The zero-order valence-corrected chi connectivity index (χ0v) is 35.0. The number of methoxy groups -OCH3 is 2. The predicted octanol–water partition coefficient (Wildman–Crippen LogP) is 2.00. The van der Waals surface area contributed by atoms with Gasteiger partial charge in [0.1, 0.15) is 30.5 Å². The van der Waals surface area contributed by atoms with Crippen molar-refractivity contribution in [3.63, 3.8) is 0 Å². The lowest BCUT2D eigenvalue weighted by molar-refractivity contribution is -0.304. The number of ether oxygens (including phenoxy) is 7. The molecular formula is C41H67NO15. The number of nitrogens with zero attached hydrogens (tertiary/aromatic N) is 1. The molecule has 2 saturated heterocycles. The molecule has 57 heavy (non-hydrogen) atoms. The quantitative estimate of drug-likeness (QED) is 0.141. The standard InChI is InChI=1S/C41H67NO15/c1-11-30-27(20-53-41-39(52-10)38(51-9)35(49)25(6)55-41)17-21(2)15-16-28(43)22(3)18-26(13-12-14-31(45)46)37(23(4)29(44)19-32(47)56-30)57-40-36(50)33(42(7)8)34(48)24(5)54-40/h12,14-17,22-27,29-30,33-41,44,48-50H,11,13,18-20H2,1-10H3,(H,45,46)/b14-12+,16-15+,21-17+/t22-,23+,24?,25?,26+,27-,29-,30-,33?,34?,35?,36?,37-,38?,39?,40?,41?/m1/s1. The number of hydrogen-bond acceptors (Lipinski definition) is 15. The van der Waals surface area contributed by atoms with E-state index in [0.29, 0.717) is 12.0 Å². The van der Waals surface area contributed by atoms with Crippen LogP contribution in [-0.4, -0.2) is 163 Å². The molecule has 5 N–H and O–H groups in total. The van der Waals surface area contributed by atoms with Crippen molar-refractivity contribution in [3.05, 3.63) is 36.0 Å². The summed E-state index contributed by atoms with van der Waals surface area (Å²) in [5, 5.41) is 53.9. The average Bonchev–Trinajstić information content (AvgIpc) is 3.15. The largest absolute Gasteiger partial charge is 0.478 e. The minimum atomic E-state index is -1.35. The van der Waals surface area contributed by atoms with Gasteiger partial charge in [-0.05, 0) is 66.1 Å². The molecule has 3 rings (SSSR count). The van der Waals surface area contributed by atoms with Gasteiger partial charge in [-0.2, -0.15) is 0 Å². The van der Waals surface area contributed by atoms with Gasteiger partial charge in [-0.15, -0.1) is 0 Å². The summed E-state index contributed by atoms with van der Waals surface area (Å²) in [6, 6.07) is -0.767. The van der Waals surface area contributed by atoms with Crippen LogP contribution in [-0.2, 0) is 47.5 Å². The molecule has 16 nitrogen and oxygen atoms in total. The number of cyclic esters (lactones) is 1. The Morgan fingerprint density at radius 3 is 2.14 bits per heavy atom. The van der Waals surface area contributed by atoms with Gasteiger partial charge in [0.2, 0.25) is 0 Å². The Balaban J connectivity index is 2.01. The van der Waals surface area contributed by atoms with Crippen molar-refractivity contribution in [2.75, 3.05) is 34.9 Å². The Kier molecular flexibility index (Phi) is 19.4. The van der Waals surface area contributed by atoms with Crippen LogP contribution in [0.2, 0.25) is 0 Å². The summed E-state index contributed by atoms with van der Waals surface area (Å²) in [6.07, 6.45) is -3.83. The number of likely N-dealkylation sites (N-methyl/N-ethyl adjacent to an activating group) is 1. The van der Waals surface area contributed by atoms with Gasteiger partial charge in [-0.1, -0.05) is 44.6 Å². The number of hydrogen-bond donors (Lipinski definition) is 5. The summed E-state index contributed by atoms with van der Waals surface area (Å²) in [4.78, 5) is 40.5. The van der Waals surface area contributed by atoms with E-state index in [0.717, 1.165) is 6.08 Å². The van der Waals surface area contributed by atoms with Crippen LogP contribution in [0, 0.1) is 23.7 Å². The van der Waals surface area contributed by atoms with Gasteiger partial charge < -0.3 is 63.6 Å². The molecule has 17 atom stereocenters. The summed E-state index contributed by atoms with van der Waals surface area (Å²) in [5.41, 5.74) is 0.683. The maximum atomic E-state index is 13.7. The van der Waals surface area contributed by atoms with E-state index in [9.17, 15) is 39.9 Å². The highest BCUT2D eigenvalue weighted by molar-refractivity contribution is 5.91. The van der Waals surface area contributed by atoms with Crippen molar-refractivity contribution in [1.82, 2.24) is 4.90 Å². The summed E-state index contributed by atoms with van der Waals surface area (Å²) in [7, 11) is 6.33. The van der Waals surface area contributed by atoms with Crippen LogP contribution in [0.25, 0.3) is 0 Å². The number of aliphatic carboxylic acids is 1. The maximum Gasteiger partial charge on any atom is 0.327 e. The Labute approximate surface area is 336 Å². The summed E-state index contributed by atoms with van der Waals surface area (Å²) in [6.45, 7) is 10.4. The number of ketones is 1. The minimum Gasteiger partial charge on any atom is -0.478 e. The van der Waals surface area contributed by atoms with E-state index in [1.807, 2.05) is 13.0 Å². The molecule has 0 amide bonds. The highest BCUT2D eigenvalue weighted by Crippen LogP contribution is 2.35. The zero-order valence-electron chi connectivity index (χ0n) is 35.0. The van der Waals surface area contributed by atoms with Crippen LogP contribution in [0.1, 0.15) is 67.2 Å². The lowest BCUT2D eigenvalue weighted by Crippen LogP contribution is -2.63. The zero-order chi connectivity index (χ0) is 42.7. The second-order valence-corrected chi connectivity index (χ2v) is 15.9. The molecule has 3 aliphatic heterocycles. The fourth-order valence-electron chi connectivity index (χ4n) is 7.98. The highest BCUT2D eigenvalue weighted by atomic mass is 16.7. The van der Waals surface area contributed by atoms with Crippen LogP contribution in [0.4, 0.5) is 0 Å². The molecule has 16 heteroatoms. The summed E-state index contributed by atoms with van der Waals surface area (Å²) in [5.74, 6) is -4.64. The molecule has 0 aromatic rings. The Morgan fingerprint density at radius 2 is 1.54 bits per heavy atom. The van der Waals surface area contributed by atoms with E-state index in [-0.39, 0.29) is 25.2 Å². The van der Waals surface area contributed by atoms with E-state index in [2.05, 4.69) is 0 Å². The third-order valence-corrected chi connectivity index (χ3v) is 11.4. The number of rotatable bonds is 12. The van der Waals surface area contributed by atoms with Gasteiger partial charge >= 0.3 is 11.9 Å². The monoisotopic (exact) mass is 813 g/mol. The second kappa shape index (κ2) is 22.7. The van der Waals surface area contributed by atoms with E-state index >= 15 is 0 Å².